The molecule has 0 aliphatic carbocycles. The minimum Gasteiger partial charge on any atom is -0.481 e. The van der Waals surface area contributed by atoms with Gasteiger partial charge in [0.1, 0.15) is 5.82 Å². The van der Waals surface area contributed by atoms with Crippen LogP contribution < -0.4 is 10.2 Å². The van der Waals surface area contributed by atoms with Crippen molar-refractivity contribution in [2.45, 2.75) is 19.8 Å². The first-order valence-corrected chi connectivity index (χ1v) is 6.83. The lowest BCUT2D eigenvalue weighted by atomic mass is 10.1. The van der Waals surface area contributed by atoms with Crippen LogP contribution in [0.1, 0.15) is 30.1 Å². The summed E-state index contributed by atoms with van der Waals surface area (Å²) in [5, 5.41) is 11.8. The zero-order chi connectivity index (χ0) is 14.5. The number of anilines is 1. The van der Waals surface area contributed by atoms with Gasteiger partial charge in [-0.1, -0.05) is 6.92 Å². The molecule has 1 saturated heterocycles. The number of aliphatic carboxylic acids is 1. The molecular weight excluding hydrogens is 258 g/mol. The average Bonchev–Trinajstić information content (AvgIpc) is 2.95. The van der Waals surface area contributed by atoms with E-state index in [9.17, 15) is 9.59 Å². The third-order valence-corrected chi connectivity index (χ3v) is 3.41. The summed E-state index contributed by atoms with van der Waals surface area (Å²) in [6, 6.07) is 3.49. The number of nitrogens with one attached hydrogen (secondary N) is 1. The Morgan fingerprint density at radius 1 is 1.50 bits per heavy atom. The first-order chi connectivity index (χ1) is 9.61. The first kappa shape index (κ1) is 14.3. The highest BCUT2D eigenvalue weighted by molar-refractivity contribution is 5.94. The molecular formula is C14H19N3O3. The number of carboxylic acids is 1. The molecule has 0 saturated carbocycles. The van der Waals surface area contributed by atoms with Crippen LogP contribution in [0, 0.1) is 5.92 Å². The van der Waals surface area contributed by atoms with Crippen LogP contribution in [0.4, 0.5) is 5.82 Å². The summed E-state index contributed by atoms with van der Waals surface area (Å²) in [5.41, 5.74) is 0.524. The number of nitrogens with zero attached hydrogens (tertiary/aromatic N) is 2. The zero-order valence-corrected chi connectivity index (χ0v) is 11.5. The quantitative estimate of drug-likeness (QED) is 0.843. The van der Waals surface area contributed by atoms with Crippen molar-refractivity contribution >= 4 is 17.7 Å². The largest absolute Gasteiger partial charge is 0.481 e. The summed E-state index contributed by atoms with van der Waals surface area (Å²) in [4.78, 5) is 28.9. The van der Waals surface area contributed by atoms with Crippen molar-refractivity contribution in [2.24, 2.45) is 5.92 Å². The summed E-state index contributed by atoms with van der Waals surface area (Å²) in [7, 11) is 0. The van der Waals surface area contributed by atoms with E-state index >= 15 is 0 Å². The fourth-order valence-electron chi connectivity index (χ4n) is 2.22. The van der Waals surface area contributed by atoms with Gasteiger partial charge in [0.25, 0.3) is 5.91 Å². The van der Waals surface area contributed by atoms with E-state index in [4.69, 9.17) is 5.11 Å². The van der Waals surface area contributed by atoms with Gasteiger partial charge >= 0.3 is 5.97 Å². The van der Waals surface area contributed by atoms with E-state index in [-0.39, 0.29) is 11.8 Å². The van der Waals surface area contributed by atoms with E-state index in [0.29, 0.717) is 31.6 Å². The van der Waals surface area contributed by atoms with Crippen molar-refractivity contribution < 1.29 is 14.7 Å². The van der Waals surface area contributed by atoms with E-state index in [1.165, 1.54) is 6.20 Å². The van der Waals surface area contributed by atoms with E-state index in [2.05, 4.69) is 10.3 Å². The van der Waals surface area contributed by atoms with Crippen molar-refractivity contribution in [3.8, 4) is 0 Å². The number of rotatable bonds is 5. The molecule has 0 aromatic carbocycles. The molecule has 1 aromatic heterocycles. The second-order valence-electron chi connectivity index (χ2n) is 4.93. The summed E-state index contributed by atoms with van der Waals surface area (Å²) in [6.07, 6.45) is 3.06. The molecule has 1 amide bonds. The van der Waals surface area contributed by atoms with Crippen LogP contribution in [0.2, 0.25) is 0 Å². The Kier molecular flexibility index (Phi) is 4.55. The molecule has 6 nitrogen and oxygen atoms in total. The molecule has 1 unspecified atom stereocenters. The highest BCUT2D eigenvalue weighted by Gasteiger charge is 2.28. The molecule has 1 atom stereocenters. The minimum absolute atomic E-state index is 0.129. The smallest absolute Gasteiger partial charge is 0.308 e. The Hall–Kier alpha value is -2.11. The molecule has 2 rings (SSSR count). The van der Waals surface area contributed by atoms with Gasteiger partial charge < -0.3 is 15.3 Å². The van der Waals surface area contributed by atoms with Crippen LogP contribution in [-0.4, -0.2) is 41.6 Å². The van der Waals surface area contributed by atoms with Gasteiger partial charge in [0.05, 0.1) is 11.5 Å². The van der Waals surface area contributed by atoms with Gasteiger partial charge in [-0.3, -0.25) is 9.59 Å². The Balaban J connectivity index is 1.98. The van der Waals surface area contributed by atoms with Gasteiger partial charge in [-0.2, -0.15) is 0 Å². The van der Waals surface area contributed by atoms with Crippen molar-refractivity contribution in [2.75, 3.05) is 24.5 Å². The molecule has 0 spiro atoms. The van der Waals surface area contributed by atoms with Crippen LogP contribution in [-0.2, 0) is 4.79 Å². The number of hydrogen-bond acceptors (Lipinski definition) is 4. The van der Waals surface area contributed by atoms with Crippen LogP contribution in [0.25, 0.3) is 0 Å². The average molecular weight is 277 g/mol. The van der Waals surface area contributed by atoms with Crippen LogP contribution >= 0.6 is 0 Å². The van der Waals surface area contributed by atoms with E-state index in [0.717, 1.165) is 12.2 Å². The fraction of sp³-hybridized carbons (Fsp3) is 0.500. The predicted octanol–water partition coefficient (Wildman–Crippen LogP) is 1.13. The van der Waals surface area contributed by atoms with Crippen LogP contribution in [0.3, 0.4) is 0 Å². The lowest BCUT2D eigenvalue weighted by molar-refractivity contribution is -0.140. The third-order valence-electron chi connectivity index (χ3n) is 3.41. The van der Waals surface area contributed by atoms with Gasteiger partial charge in [0.15, 0.2) is 0 Å². The lowest BCUT2D eigenvalue weighted by Gasteiger charge is -2.16. The molecule has 6 heteroatoms. The van der Waals surface area contributed by atoms with Crippen molar-refractivity contribution in [1.29, 1.82) is 0 Å². The second-order valence-corrected chi connectivity index (χ2v) is 4.93. The maximum Gasteiger partial charge on any atom is 0.308 e. The maximum absolute atomic E-state index is 11.7. The van der Waals surface area contributed by atoms with Gasteiger partial charge in [-0.15, -0.1) is 0 Å². The number of aromatic nitrogens is 1. The third kappa shape index (κ3) is 3.26. The van der Waals surface area contributed by atoms with Crippen LogP contribution in [0.15, 0.2) is 18.3 Å². The lowest BCUT2D eigenvalue weighted by Crippen LogP contribution is -2.25. The fourth-order valence-corrected chi connectivity index (χ4v) is 2.22. The second kappa shape index (κ2) is 6.36. The highest BCUT2D eigenvalue weighted by Crippen LogP contribution is 2.22. The number of carbonyl (C=O) groups excluding carboxylic acids is 1. The monoisotopic (exact) mass is 277 g/mol. The Labute approximate surface area is 117 Å². The summed E-state index contributed by atoms with van der Waals surface area (Å²) in [6.45, 7) is 3.80. The Morgan fingerprint density at radius 2 is 2.30 bits per heavy atom. The number of carboxylic acid groups (broad SMARTS) is 1. The molecule has 108 valence electrons. The van der Waals surface area contributed by atoms with Gasteiger partial charge in [0.2, 0.25) is 0 Å². The van der Waals surface area contributed by atoms with E-state index in [1.807, 2.05) is 11.8 Å². The number of hydrogen-bond donors (Lipinski definition) is 2. The predicted molar refractivity (Wildman–Crippen MR) is 74.8 cm³/mol. The first-order valence-electron chi connectivity index (χ1n) is 6.83. The van der Waals surface area contributed by atoms with Crippen molar-refractivity contribution in [3.05, 3.63) is 23.9 Å². The van der Waals surface area contributed by atoms with Gasteiger partial charge in [-0.05, 0) is 25.0 Å². The molecule has 2 N–H and O–H groups in total. The number of carbonyl (C=O) groups is 2. The molecule has 20 heavy (non-hydrogen) atoms. The zero-order valence-electron chi connectivity index (χ0n) is 11.5. The Morgan fingerprint density at radius 3 is 2.85 bits per heavy atom. The van der Waals surface area contributed by atoms with E-state index in [1.54, 1.807) is 12.1 Å². The SMILES string of the molecule is CCCNC(=O)c1ccc(N2CCC(C(=O)O)C2)nc1. The number of pyridine rings is 1. The maximum atomic E-state index is 11.7. The summed E-state index contributed by atoms with van der Waals surface area (Å²) < 4.78 is 0. The highest BCUT2D eigenvalue weighted by atomic mass is 16.4. The molecule has 0 radical (unpaired) electrons. The topological polar surface area (TPSA) is 82.5 Å². The normalized spacial score (nSPS) is 18.1. The molecule has 1 fully saturated rings. The molecule has 0 bridgehead atoms. The van der Waals surface area contributed by atoms with Crippen molar-refractivity contribution in [1.82, 2.24) is 10.3 Å². The molecule has 1 aliphatic rings. The minimum atomic E-state index is -0.761. The standard InChI is InChI=1S/C14H19N3O3/c1-2-6-15-13(18)10-3-4-12(16-8-10)17-7-5-11(9-17)14(19)20/h3-4,8,11H,2,5-7,9H2,1H3,(H,15,18)(H,19,20). The summed E-state index contributed by atoms with van der Waals surface area (Å²) >= 11 is 0. The Bertz CT molecular complexity index is 487. The van der Waals surface area contributed by atoms with Crippen LogP contribution in [0.5, 0.6) is 0 Å². The van der Waals surface area contributed by atoms with E-state index < -0.39 is 5.97 Å². The van der Waals surface area contributed by atoms with Crippen molar-refractivity contribution in [3.63, 3.8) is 0 Å². The molecule has 2 heterocycles. The van der Waals surface area contributed by atoms with Gasteiger partial charge in [0, 0.05) is 25.8 Å². The molecule has 1 aromatic rings. The molecule has 1 aliphatic heterocycles. The van der Waals surface area contributed by atoms with Gasteiger partial charge in [-0.25, -0.2) is 4.98 Å². The number of amides is 1. The summed E-state index contributed by atoms with van der Waals surface area (Å²) in [5.74, 6) is -0.496.